The molecule has 0 bridgehead atoms. The van der Waals surface area contributed by atoms with Gasteiger partial charge in [0, 0.05) is 45.7 Å². The van der Waals surface area contributed by atoms with Crippen molar-refractivity contribution in [2.24, 2.45) is 5.92 Å². The van der Waals surface area contributed by atoms with E-state index in [0.29, 0.717) is 12.3 Å². The Balaban J connectivity index is 1.40. The molecule has 1 unspecified atom stereocenters. The standard InChI is InChI=1S/C22H37N5O2/c1-18(2)14-22(29)24-19-6-7-21(23-15-19)27-12-10-26(11-13-27)17-20(28)16-25-8-4-3-5-9-25/h6-7,15,18,20,28H,3-5,8-14,16-17H2,1-2H3,(H,24,29). The number of anilines is 2. The fourth-order valence-corrected chi connectivity index (χ4v) is 4.19. The normalized spacial score (nSPS) is 20.1. The van der Waals surface area contributed by atoms with Gasteiger partial charge in [0.1, 0.15) is 5.82 Å². The lowest BCUT2D eigenvalue weighted by molar-refractivity contribution is -0.116. The van der Waals surface area contributed by atoms with E-state index in [2.05, 4.69) is 25.0 Å². The highest BCUT2D eigenvalue weighted by molar-refractivity contribution is 5.90. The van der Waals surface area contributed by atoms with Crippen LogP contribution in [0.4, 0.5) is 11.5 Å². The van der Waals surface area contributed by atoms with E-state index in [1.165, 1.54) is 19.3 Å². The van der Waals surface area contributed by atoms with Gasteiger partial charge in [-0.05, 0) is 44.0 Å². The predicted octanol–water partition coefficient (Wildman–Crippen LogP) is 2.04. The first-order valence-corrected chi connectivity index (χ1v) is 11.1. The lowest BCUT2D eigenvalue weighted by atomic mass is 10.1. The summed E-state index contributed by atoms with van der Waals surface area (Å²) in [5.41, 5.74) is 0.749. The second-order valence-corrected chi connectivity index (χ2v) is 8.85. The maximum atomic E-state index is 11.9. The number of piperidine rings is 1. The number of hydrogen-bond acceptors (Lipinski definition) is 6. The van der Waals surface area contributed by atoms with E-state index in [9.17, 15) is 9.90 Å². The van der Waals surface area contributed by atoms with Crippen molar-refractivity contribution in [3.8, 4) is 0 Å². The van der Waals surface area contributed by atoms with Gasteiger partial charge in [-0.3, -0.25) is 9.69 Å². The van der Waals surface area contributed by atoms with Gasteiger partial charge in [0.05, 0.1) is 18.0 Å². The molecule has 0 saturated carbocycles. The average Bonchev–Trinajstić information content (AvgIpc) is 2.69. The van der Waals surface area contributed by atoms with Crippen LogP contribution in [0.3, 0.4) is 0 Å². The molecule has 1 aromatic rings. The van der Waals surface area contributed by atoms with Crippen LogP contribution in [0.1, 0.15) is 39.5 Å². The number of aliphatic hydroxyl groups is 1. The maximum Gasteiger partial charge on any atom is 0.224 e. The number of nitrogens with one attached hydrogen (secondary N) is 1. The van der Waals surface area contributed by atoms with E-state index in [1.807, 2.05) is 26.0 Å². The zero-order chi connectivity index (χ0) is 20.6. The van der Waals surface area contributed by atoms with Crippen LogP contribution < -0.4 is 10.2 Å². The summed E-state index contributed by atoms with van der Waals surface area (Å²) in [4.78, 5) is 23.4. The Morgan fingerprint density at radius 3 is 2.28 bits per heavy atom. The number of aromatic nitrogens is 1. The second-order valence-electron chi connectivity index (χ2n) is 8.85. The van der Waals surface area contributed by atoms with Gasteiger partial charge < -0.3 is 20.2 Å². The van der Waals surface area contributed by atoms with Gasteiger partial charge in [-0.2, -0.15) is 0 Å². The van der Waals surface area contributed by atoms with Gasteiger partial charge in [-0.15, -0.1) is 0 Å². The van der Waals surface area contributed by atoms with Crippen LogP contribution >= 0.6 is 0 Å². The Hall–Kier alpha value is -1.70. The van der Waals surface area contributed by atoms with Crippen LogP contribution in [0.15, 0.2) is 18.3 Å². The smallest absolute Gasteiger partial charge is 0.224 e. The maximum absolute atomic E-state index is 11.9. The molecule has 0 aromatic carbocycles. The monoisotopic (exact) mass is 403 g/mol. The molecule has 1 atom stereocenters. The zero-order valence-corrected chi connectivity index (χ0v) is 18.0. The Morgan fingerprint density at radius 2 is 1.69 bits per heavy atom. The number of rotatable bonds is 8. The molecule has 0 radical (unpaired) electrons. The molecule has 2 aliphatic rings. The molecule has 0 aliphatic carbocycles. The zero-order valence-electron chi connectivity index (χ0n) is 18.0. The van der Waals surface area contributed by atoms with E-state index in [0.717, 1.165) is 63.9 Å². The number of β-amino-alcohol motifs (C(OH)–C–C–N with tert-alkyl or cyclic N) is 1. The molecule has 2 saturated heterocycles. The number of likely N-dealkylation sites (tertiary alicyclic amines) is 1. The number of aliphatic hydroxyl groups excluding tert-OH is 1. The summed E-state index contributed by atoms with van der Waals surface area (Å²) in [7, 11) is 0. The molecular formula is C22H37N5O2. The van der Waals surface area contributed by atoms with Crippen LogP contribution in [0.5, 0.6) is 0 Å². The fraction of sp³-hybridized carbons (Fsp3) is 0.727. The first-order valence-electron chi connectivity index (χ1n) is 11.1. The molecule has 2 fully saturated rings. The van der Waals surface area contributed by atoms with E-state index in [-0.39, 0.29) is 12.0 Å². The molecule has 3 rings (SSSR count). The molecule has 1 amide bonds. The molecule has 2 N–H and O–H groups in total. The van der Waals surface area contributed by atoms with Gasteiger partial charge in [0.15, 0.2) is 0 Å². The van der Waals surface area contributed by atoms with Crippen LogP contribution in [0, 0.1) is 5.92 Å². The first-order chi connectivity index (χ1) is 14.0. The molecule has 1 aromatic heterocycles. The molecule has 7 nitrogen and oxygen atoms in total. The third-order valence-electron chi connectivity index (χ3n) is 5.71. The summed E-state index contributed by atoms with van der Waals surface area (Å²) < 4.78 is 0. The summed E-state index contributed by atoms with van der Waals surface area (Å²) in [6.45, 7) is 11.6. The number of pyridine rings is 1. The summed E-state index contributed by atoms with van der Waals surface area (Å²) in [6.07, 6.45) is 5.84. The minimum Gasteiger partial charge on any atom is -0.390 e. The number of carbonyl (C=O) groups is 1. The predicted molar refractivity (Wildman–Crippen MR) is 117 cm³/mol. The highest BCUT2D eigenvalue weighted by Crippen LogP contribution is 2.17. The summed E-state index contributed by atoms with van der Waals surface area (Å²) in [6, 6.07) is 3.90. The van der Waals surface area contributed by atoms with E-state index < -0.39 is 0 Å². The Bertz CT molecular complexity index is 623. The number of amides is 1. The van der Waals surface area contributed by atoms with Crippen molar-refractivity contribution in [2.45, 2.75) is 45.6 Å². The SMILES string of the molecule is CC(C)CC(=O)Nc1ccc(N2CCN(CC(O)CN3CCCCC3)CC2)nc1. The van der Waals surface area contributed by atoms with Crippen LogP contribution in [-0.4, -0.2) is 84.3 Å². The quantitative estimate of drug-likeness (QED) is 0.692. The highest BCUT2D eigenvalue weighted by atomic mass is 16.3. The summed E-state index contributed by atoms with van der Waals surface area (Å²) in [5.74, 6) is 1.32. The van der Waals surface area contributed by atoms with Gasteiger partial charge in [0.2, 0.25) is 5.91 Å². The third kappa shape index (κ3) is 7.24. The molecular weight excluding hydrogens is 366 g/mol. The number of nitrogens with zero attached hydrogens (tertiary/aromatic N) is 4. The number of carbonyl (C=O) groups excluding carboxylic acids is 1. The Kier molecular flexibility index (Phi) is 8.27. The highest BCUT2D eigenvalue weighted by Gasteiger charge is 2.22. The largest absolute Gasteiger partial charge is 0.390 e. The van der Waals surface area contributed by atoms with Crippen molar-refractivity contribution >= 4 is 17.4 Å². The van der Waals surface area contributed by atoms with E-state index in [4.69, 9.17) is 0 Å². The van der Waals surface area contributed by atoms with Crippen LogP contribution in [-0.2, 0) is 4.79 Å². The van der Waals surface area contributed by atoms with Crippen molar-refractivity contribution in [3.05, 3.63) is 18.3 Å². The van der Waals surface area contributed by atoms with Crippen LogP contribution in [0.25, 0.3) is 0 Å². The molecule has 3 heterocycles. The van der Waals surface area contributed by atoms with Crippen molar-refractivity contribution in [1.29, 1.82) is 0 Å². The van der Waals surface area contributed by atoms with E-state index >= 15 is 0 Å². The summed E-state index contributed by atoms with van der Waals surface area (Å²) in [5, 5.41) is 13.4. The van der Waals surface area contributed by atoms with Crippen LogP contribution in [0.2, 0.25) is 0 Å². The molecule has 0 spiro atoms. The fourth-order valence-electron chi connectivity index (χ4n) is 4.19. The molecule has 162 valence electrons. The van der Waals surface area contributed by atoms with Crippen molar-refractivity contribution < 1.29 is 9.90 Å². The van der Waals surface area contributed by atoms with Crippen molar-refractivity contribution in [2.75, 3.05) is 62.6 Å². The number of hydrogen-bond donors (Lipinski definition) is 2. The van der Waals surface area contributed by atoms with Gasteiger partial charge in [0.25, 0.3) is 0 Å². The lowest BCUT2D eigenvalue weighted by Gasteiger charge is -2.37. The topological polar surface area (TPSA) is 71.9 Å². The molecule has 29 heavy (non-hydrogen) atoms. The minimum atomic E-state index is -0.272. The van der Waals surface area contributed by atoms with Crippen molar-refractivity contribution in [1.82, 2.24) is 14.8 Å². The first kappa shape index (κ1) is 22.0. The minimum absolute atomic E-state index is 0.0336. The van der Waals surface area contributed by atoms with Gasteiger partial charge in [-0.25, -0.2) is 4.98 Å². The lowest BCUT2D eigenvalue weighted by Crippen LogP contribution is -2.50. The molecule has 2 aliphatic heterocycles. The van der Waals surface area contributed by atoms with Gasteiger partial charge >= 0.3 is 0 Å². The summed E-state index contributed by atoms with van der Waals surface area (Å²) >= 11 is 0. The second kappa shape index (κ2) is 10.9. The third-order valence-corrected chi connectivity index (χ3v) is 5.71. The van der Waals surface area contributed by atoms with Crippen molar-refractivity contribution in [3.63, 3.8) is 0 Å². The Morgan fingerprint density at radius 1 is 1.03 bits per heavy atom. The number of piperazine rings is 1. The van der Waals surface area contributed by atoms with Gasteiger partial charge in [-0.1, -0.05) is 20.3 Å². The average molecular weight is 404 g/mol. The molecule has 7 heteroatoms. The Labute approximate surface area is 175 Å². The van der Waals surface area contributed by atoms with E-state index in [1.54, 1.807) is 6.20 Å².